The van der Waals surface area contributed by atoms with E-state index in [1.807, 2.05) is 32.0 Å². The lowest BCUT2D eigenvalue weighted by Crippen LogP contribution is -2.28. The number of non-ortho nitro benzene ring substituents is 1. The molecular weight excluding hydrogens is 452 g/mol. The fourth-order valence-electron chi connectivity index (χ4n) is 2.69. The maximum atomic E-state index is 12.9. The standard InChI is InChI=1S/C18H13BrN2O4S2/c1-9-3-4-14(10(2)5-9)20-17(23)15(27-18(20)26)7-11-6-12(21(24)25)8-13(19)16(11)22/h3-8,22H,1-2H3/b15-7+. The number of anilines is 1. The number of phenols is 1. The second-order valence-electron chi connectivity index (χ2n) is 5.93. The Hall–Kier alpha value is -2.23. The molecule has 3 rings (SSSR count). The topological polar surface area (TPSA) is 83.7 Å². The van der Waals surface area contributed by atoms with Crippen LogP contribution in [0.15, 0.2) is 39.7 Å². The molecule has 0 unspecified atom stereocenters. The molecule has 0 atom stereocenters. The van der Waals surface area contributed by atoms with Crippen molar-refractivity contribution in [2.75, 3.05) is 4.90 Å². The van der Waals surface area contributed by atoms with E-state index in [-0.39, 0.29) is 32.3 Å². The number of aromatic hydroxyl groups is 1. The number of phenolic OH excluding ortho intramolecular Hbond substituents is 1. The van der Waals surface area contributed by atoms with Gasteiger partial charge in [0.15, 0.2) is 4.32 Å². The molecule has 0 spiro atoms. The monoisotopic (exact) mass is 464 g/mol. The zero-order valence-corrected chi connectivity index (χ0v) is 17.4. The molecule has 2 aromatic rings. The van der Waals surface area contributed by atoms with Gasteiger partial charge in [-0.15, -0.1) is 0 Å². The lowest BCUT2D eigenvalue weighted by atomic mass is 10.1. The van der Waals surface area contributed by atoms with Crippen LogP contribution in [-0.4, -0.2) is 20.3 Å². The highest BCUT2D eigenvalue weighted by atomic mass is 79.9. The first-order valence-electron chi connectivity index (χ1n) is 7.71. The summed E-state index contributed by atoms with van der Waals surface area (Å²) in [7, 11) is 0. The van der Waals surface area contributed by atoms with Gasteiger partial charge >= 0.3 is 0 Å². The van der Waals surface area contributed by atoms with Crippen molar-refractivity contribution in [3.05, 3.63) is 66.5 Å². The van der Waals surface area contributed by atoms with Crippen molar-refractivity contribution < 1.29 is 14.8 Å². The molecule has 1 N–H and O–H groups in total. The van der Waals surface area contributed by atoms with Gasteiger partial charge < -0.3 is 5.11 Å². The van der Waals surface area contributed by atoms with E-state index in [9.17, 15) is 20.0 Å². The second kappa shape index (κ2) is 7.41. The summed E-state index contributed by atoms with van der Waals surface area (Å²) in [6, 6.07) is 8.10. The van der Waals surface area contributed by atoms with Crippen LogP contribution < -0.4 is 4.90 Å². The zero-order valence-electron chi connectivity index (χ0n) is 14.2. The molecule has 1 saturated heterocycles. The van der Waals surface area contributed by atoms with Crippen molar-refractivity contribution in [1.82, 2.24) is 0 Å². The molecule has 138 valence electrons. The molecule has 27 heavy (non-hydrogen) atoms. The van der Waals surface area contributed by atoms with Crippen LogP contribution in [0.25, 0.3) is 6.08 Å². The van der Waals surface area contributed by atoms with Gasteiger partial charge in [0, 0.05) is 17.7 Å². The number of hydrogen-bond donors (Lipinski definition) is 1. The number of thiocarbonyl (C=S) groups is 1. The molecule has 0 radical (unpaired) electrons. The summed E-state index contributed by atoms with van der Waals surface area (Å²) >= 11 is 9.54. The third-order valence-corrected chi connectivity index (χ3v) is 5.87. The van der Waals surface area contributed by atoms with Gasteiger partial charge in [0.1, 0.15) is 5.75 Å². The number of hydrogen-bond acceptors (Lipinski definition) is 6. The predicted molar refractivity (Wildman–Crippen MR) is 114 cm³/mol. The zero-order chi connectivity index (χ0) is 19.9. The lowest BCUT2D eigenvalue weighted by Gasteiger charge is -2.17. The van der Waals surface area contributed by atoms with Crippen molar-refractivity contribution in [2.45, 2.75) is 13.8 Å². The van der Waals surface area contributed by atoms with Crippen LogP contribution in [0.4, 0.5) is 11.4 Å². The normalized spacial score (nSPS) is 15.7. The fourth-order valence-corrected chi connectivity index (χ4v) is 4.43. The number of carbonyl (C=O) groups excluding carboxylic acids is 1. The molecule has 1 aliphatic rings. The first-order chi connectivity index (χ1) is 12.7. The maximum Gasteiger partial charge on any atom is 0.271 e. The highest BCUT2D eigenvalue weighted by Gasteiger charge is 2.34. The number of rotatable bonds is 3. The smallest absolute Gasteiger partial charge is 0.271 e. The molecule has 0 aliphatic carbocycles. The molecule has 2 aromatic carbocycles. The molecule has 1 aliphatic heterocycles. The SMILES string of the molecule is Cc1ccc(N2C(=O)/C(=C\c3cc([N+](=O)[O-])cc(Br)c3O)SC2=S)c(C)c1. The Bertz CT molecular complexity index is 1040. The number of thioether (sulfide) groups is 1. The van der Waals surface area contributed by atoms with Gasteiger partial charge in [-0.2, -0.15) is 0 Å². The minimum atomic E-state index is -0.567. The van der Waals surface area contributed by atoms with Gasteiger partial charge in [-0.05, 0) is 47.5 Å². The van der Waals surface area contributed by atoms with Crippen LogP contribution in [-0.2, 0) is 4.79 Å². The Balaban J connectivity index is 2.04. The predicted octanol–water partition coefficient (Wildman–Crippen LogP) is 5.09. The molecule has 0 bridgehead atoms. The van der Waals surface area contributed by atoms with Crippen molar-refractivity contribution in [3.63, 3.8) is 0 Å². The van der Waals surface area contributed by atoms with E-state index in [0.29, 0.717) is 10.0 Å². The van der Waals surface area contributed by atoms with Gasteiger partial charge in [0.05, 0.1) is 20.0 Å². The minimum Gasteiger partial charge on any atom is -0.506 e. The molecule has 1 heterocycles. The number of aryl methyl sites for hydroxylation is 2. The van der Waals surface area contributed by atoms with Crippen molar-refractivity contribution >= 4 is 67.6 Å². The first-order valence-corrected chi connectivity index (χ1v) is 9.73. The highest BCUT2D eigenvalue weighted by molar-refractivity contribution is 9.10. The molecule has 9 heteroatoms. The average molecular weight is 465 g/mol. The van der Waals surface area contributed by atoms with Crippen LogP contribution >= 0.6 is 39.9 Å². The Labute approximate surface area is 173 Å². The number of nitrogens with zero attached hydrogens (tertiary/aromatic N) is 2. The van der Waals surface area contributed by atoms with E-state index in [0.717, 1.165) is 22.9 Å². The third-order valence-electron chi connectivity index (χ3n) is 3.96. The van der Waals surface area contributed by atoms with Crippen LogP contribution in [0.1, 0.15) is 16.7 Å². The number of halogens is 1. The lowest BCUT2D eigenvalue weighted by molar-refractivity contribution is -0.385. The summed E-state index contributed by atoms with van der Waals surface area (Å²) < 4.78 is 0.537. The first kappa shape index (κ1) is 19.5. The van der Waals surface area contributed by atoms with E-state index >= 15 is 0 Å². The molecule has 1 fully saturated rings. The Kier molecular flexibility index (Phi) is 5.36. The average Bonchev–Trinajstić information content (AvgIpc) is 2.86. The van der Waals surface area contributed by atoms with Crippen molar-refractivity contribution in [3.8, 4) is 5.75 Å². The number of nitro benzene ring substituents is 1. The van der Waals surface area contributed by atoms with Crippen LogP contribution in [0.2, 0.25) is 0 Å². The van der Waals surface area contributed by atoms with Gasteiger partial charge in [-0.1, -0.05) is 41.7 Å². The molecular formula is C18H13BrN2O4S2. The minimum absolute atomic E-state index is 0.164. The molecule has 6 nitrogen and oxygen atoms in total. The van der Waals surface area contributed by atoms with Gasteiger partial charge in [-0.25, -0.2) is 0 Å². The summed E-state index contributed by atoms with van der Waals surface area (Å²) in [5, 5.41) is 21.2. The quantitative estimate of drug-likeness (QED) is 0.295. The molecule has 0 aromatic heterocycles. The largest absolute Gasteiger partial charge is 0.506 e. The number of nitro groups is 1. The summed E-state index contributed by atoms with van der Waals surface area (Å²) in [6.07, 6.45) is 1.41. The third kappa shape index (κ3) is 3.76. The summed E-state index contributed by atoms with van der Waals surface area (Å²) in [5.74, 6) is -0.517. The van der Waals surface area contributed by atoms with Gasteiger partial charge in [-0.3, -0.25) is 19.8 Å². The van der Waals surface area contributed by atoms with Crippen LogP contribution in [0.5, 0.6) is 5.75 Å². The Morgan fingerprint density at radius 2 is 2.00 bits per heavy atom. The summed E-state index contributed by atoms with van der Waals surface area (Å²) in [5.41, 5.74) is 2.64. The van der Waals surface area contributed by atoms with E-state index in [1.165, 1.54) is 23.1 Å². The van der Waals surface area contributed by atoms with Gasteiger partial charge in [0.2, 0.25) is 0 Å². The molecule has 0 saturated carbocycles. The van der Waals surface area contributed by atoms with E-state index < -0.39 is 4.92 Å². The van der Waals surface area contributed by atoms with Crippen LogP contribution in [0, 0.1) is 24.0 Å². The number of benzene rings is 2. The second-order valence-corrected chi connectivity index (χ2v) is 8.46. The summed E-state index contributed by atoms with van der Waals surface area (Å²) in [6.45, 7) is 3.86. The summed E-state index contributed by atoms with van der Waals surface area (Å²) in [4.78, 5) is 25.1. The molecule has 1 amide bonds. The number of amides is 1. The maximum absolute atomic E-state index is 12.9. The van der Waals surface area contributed by atoms with E-state index in [2.05, 4.69) is 15.9 Å². The van der Waals surface area contributed by atoms with Crippen molar-refractivity contribution in [1.29, 1.82) is 0 Å². The van der Waals surface area contributed by atoms with Crippen molar-refractivity contribution in [2.24, 2.45) is 0 Å². The fraction of sp³-hybridized carbons (Fsp3) is 0.111. The Morgan fingerprint density at radius 1 is 1.30 bits per heavy atom. The highest BCUT2D eigenvalue weighted by Crippen LogP contribution is 2.40. The Morgan fingerprint density at radius 3 is 2.63 bits per heavy atom. The van der Waals surface area contributed by atoms with E-state index in [1.54, 1.807) is 0 Å². The van der Waals surface area contributed by atoms with Crippen LogP contribution in [0.3, 0.4) is 0 Å². The van der Waals surface area contributed by atoms with Gasteiger partial charge in [0.25, 0.3) is 11.6 Å². The number of carbonyl (C=O) groups is 1. The van der Waals surface area contributed by atoms with E-state index in [4.69, 9.17) is 12.2 Å².